The van der Waals surface area contributed by atoms with E-state index >= 15 is 0 Å². The van der Waals surface area contributed by atoms with Crippen LogP contribution in [-0.2, 0) is 9.53 Å². The van der Waals surface area contributed by atoms with E-state index in [4.69, 9.17) is 4.74 Å². The molecule has 23 heavy (non-hydrogen) atoms. The monoisotopic (exact) mass is 316 g/mol. The Kier molecular flexibility index (Phi) is 20.1. The fourth-order valence-electron chi connectivity index (χ4n) is 1.54. The number of benzene rings is 1. The normalized spacial score (nSPS) is 9.83. The highest BCUT2D eigenvalue weighted by Crippen LogP contribution is 2.12. The van der Waals surface area contributed by atoms with E-state index < -0.39 is 0 Å². The molecule has 1 rings (SSSR count). The van der Waals surface area contributed by atoms with Crippen molar-refractivity contribution in [3.05, 3.63) is 74.4 Å². The van der Waals surface area contributed by atoms with E-state index in [1.165, 1.54) is 18.9 Å². The average Bonchev–Trinajstić information content (AvgIpc) is 2.63. The quantitative estimate of drug-likeness (QED) is 0.335. The first-order chi connectivity index (χ1) is 11.2. The SMILES string of the molecule is C=CC(=O)OCC(CC)CCCC.C=CC=C.c1ccccc1. The Hall–Kier alpha value is -2.09. The molecular formula is C21H32O2. The Bertz CT molecular complexity index is 363. The molecule has 0 radical (unpaired) electrons. The van der Waals surface area contributed by atoms with Gasteiger partial charge in [-0.1, -0.05) is 101 Å². The van der Waals surface area contributed by atoms with Crippen molar-refractivity contribution in [1.82, 2.24) is 0 Å². The van der Waals surface area contributed by atoms with E-state index in [2.05, 4.69) is 33.6 Å². The topological polar surface area (TPSA) is 26.3 Å². The lowest BCUT2D eigenvalue weighted by Crippen LogP contribution is -2.12. The molecule has 2 heteroatoms. The highest BCUT2D eigenvalue weighted by molar-refractivity contribution is 5.81. The summed E-state index contributed by atoms with van der Waals surface area (Å²) in [5.41, 5.74) is 0. The van der Waals surface area contributed by atoms with Crippen molar-refractivity contribution in [3.8, 4) is 0 Å². The Balaban J connectivity index is 0. The smallest absolute Gasteiger partial charge is 0.330 e. The van der Waals surface area contributed by atoms with Crippen LogP contribution < -0.4 is 0 Å². The molecule has 1 aromatic carbocycles. The first-order valence-corrected chi connectivity index (χ1v) is 8.18. The summed E-state index contributed by atoms with van der Waals surface area (Å²) in [6.45, 7) is 14.9. The Morgan fingerprint density at radius 3 is 1.78 bits per heavy atom. The van der Waals surface area contributed by atoms with Crippen LogP contribution in [0.25, 0.3) is 0 Å². The van der Waals surface area contributed by atoms with Crippen molar-refractivity contribution in [3.63, 3.8) is 0 Å². The summed E-state index contributed by atoms with van der Waals surface area (Å²) in [4.78, 5) is 10.8. The van der Waals surface area contributed by atoms with Crippen LogP contribution in [-0.4, -0.2) is 12.6 Å². The van der Waals surface area contributed by atoms with Gasteiger partial charge in [0.2, 0.25) is 0 Å². The van der Waals surface area contributed by atoms with E-state index in [-0.39, 0.29) is 5.97 Å². The maximum Gasteiger partial charge on any atom is 0.330 e. The van der Waals surface area contributed by atoms with Gasteiger partial charge in [-0.25, -0.2) is 4.79 Å². The van der Waals surface area contributed by atoms with Crippen LogP contribution in [0.2, 0.25) is 0 Å². The Morgan fingerprint density at radius 2 is 1.48 bits per heavy atom. The van der Waals surface area contributed by atoms with Crippen LogP contribution in [0.3, 0.4) is 0 Å². The summed E-state index contributed by atoms with van der Waals surface area (Å²) >= 11 is 0. The lowest BCUT2D eigenvalue weighted by molar-refractivity contribution is -0.139. The number of allylic oxidation sites excluding steroid dienone is 2. The largest absolute Gasteiger partial charge is 0.462 e. The number of unbranched alkanes of at least 4 members (excludes halogenated alkanes) is 1. The molecule has 0 aromatic heterocycles. The fourth-order valence-corrected chi connectivity index (χ4v) is 1.54. The minimum Gasteiger partial charge on any atom is -0.462 e. The average molecular weight is 316 g/mol. The van der Waals surface area contributed by atoms with Crippen LogP contribution in [0.1, 0.15) is 39.5 Å². The van der Waals surface area contributed by atoms with E-state index in [0.29, 0.717) is 12.5 Å². The Morgan fingerprint density at radius 1 is 1.00 bits per heavy atom. The summed E-state index contributed by atoms with van der Waals surface area (Å²) in [6.07, 6.45) is 9.13. The zero-order chi connectivity index (χ0) is 17.8. The van der Waals surface area contributed by atoms with Gasteiger partial charge in [0, 0.05) is 6.08 Å². The minimum atomic E-state index is -0.310. The van der Waals surface area contributed by atoms with Gasteiger partial charge in [-0.3, -0.25) is 0 Å². The predicted molar refractivity (Wildman–Crippen MR) is 101 cm³/mol. The number of rotatable bonds is 8. The molecule has 0 aliphatic carbocycles. The molecule has 0 aliphatic heterocycles. The van der Waals surface area contributed by atoms with Gasteiger partial charge >= 0.3 is 5.97 Å². The number of hydrogen-bond donors (Lipinski definition) is 0. The summed E-state index contributed by atoms with van der Waals surface area (Å²) in [5.74, 6) is 0.207. The lowest BCUT2D eigenvalue weighted by atomic mass is 10.0. The standard InChI is InChI=1S/C11H20O2.C6H6.C4H6/c1-4-7-8-10(5-2)9-13-11(12)6-3;1-2-4-6-5-3-1;1-3-4-2/h6,10H,3-5,7-9H2,1-2H3;1-6H;3-4H,1-2H2. The highest BCUT2D eigenvalue weighted by Gasteiger charge is 2.07. The molecule has 1 unspecified atom stereocenters. The number of carbonyl (C=O) groups is 1. The second kappa shape index (κ2) is 19.9. The van der Waals surface area contributed by atoms with Gasteiger partial charge < -0.3 is 4.74 Å². The van der Waals surface area contributed by atoms with Crippen molar-refractivity contribution in [2.45, 2.75) is 39.5 Å². The van der Waals surface area contributed by atoms with E-state index in [9.17, 15) is 4.79 Å². The van der Waals surface area contributed by atoms with Crippen LogP contribution in [0.15, 0.2) is 74.4 Å². The summed E-state index contributed by atoms with van der Waals surface area (Å²) in [7, 11) is 0. The maximum atomic E-state index is 10.8. The molecule has 0 aliphatic rings. The first-order valence-electron chi connectivity index (χ1n) is 8.18. The molecule has 1 atom stereocenters. The Labute approximate surface area is 142 Å². The molecule has 0 amide bonds. The molecule has 0 bridgehead atoms. The van der Waals surface area contributed by atoms with Crippen LogP contribution in [0, 0.1) is 5.92 Å². The van der Waals surface area contributed by atoms with Crippen molar-refractivity contribution in [2.24, 2.45) is 5.92 Å². The van der Waals surface area contributed by atoms with Gasteiger partial charge in [0.15, 0.2) is 0 Å². The number of carbonyl (C=O) groups excluding carboxylic acids is 1. The number of hydrogen-bond acceptors (Lipinski definition) is 2. The zero-order valence-corrected chi connectivity index (χ0v) is 14.7. The van der Waals surface area contributed by atoms with Crippen molar-refractivity contribution >= 4 is 5.97 Å². The van der Waals surface area contributed by atoms with E-state index in [0.717, 1.165) is 12.8 Å². The van der Waals surface area contributed by atoms with Crippen LogP contribution >= 0.6 is 0 Å². The van der Waals surface area contributed by atoms with Gasteiger partial charge in [-0.05, 0) is 12.3 Å². The summed E-state index contributed by atoms with van der Waals surface area (Å²) < 4.78 is 4.98. The molecule has 0 N–H and O–H groups in total. The van der Waals surface area contributed by atoms with Gasteiger partial charge in [-0.15, -0.1) is 0 Å². The number of esters is 1. The minimum absolute atomic E-state index is 0.310. The molecule has 2 nitrogen and oxygen atoms in total. The van der Waals surface area contributed by atoms with Crippen molar-refractivity contribution in [2.75, 3.05) is 6.61 Å². The molecule has 1 aromatic rings. The molecule has 0 spiro atoms. The number of ether oxygens (including phenoxy) is 1. The van der Waals surface area contributed by atoms with Crippen molar-refractivity contribution in [1.29, 1.82) is 0 Å². The maximum absolute atomic E-state index is 10.8. The molecule has 0 heterocycles. The molecular weight excluding hydrogens is 284 g/mol. The molecule has 0 saturated carbocycles. The molecule has 128 valence electrons. The summed E-state index contributed by atoms with van der Waals surface area (Å²) in [6, 6.07) is 12.0. The van der Waals surface area contributed by atoms with E-state index in [1.807, 2.05) is 36.4 Å². The third kappa shape index (κ3) is 19.9. The molecule has 0 fully saturated rings. The van der Waals surface area contributed by atoms with Crippen molar-refractivity contribution < 1.29 is 9.53 Å². The molecule has 0 saturated heterocycles. The van der Waals surface area contributed by atoms with Gasteiger partial charge in [0.25, 0.3) is 0 Å². The third-order valence-corrected chi connectivity index (χ3v) is 3.00. The second-order valence-electron chi connectivity index (χ2n) is 4.88. The van der Waals surface area contributed by atoms with Crippen LogP contribution in [0.5, 0.6) is 0 Å². The summed E-state index contributed by atoms with van der Waals surface area (Å²) in [5, 5.41) is 0. The second-order valence-corrected chi connectivity index (χ2v) is 4.88. The van der Waals surface area contributed by atoms with Gasteiger partial charge in [-0.2, -0.15) is 0 Å². The van der Waals surface area contributed by atoms with Gasteiger partial charge in [0.1, 0.15) is 0 Å². The zero-order valence-electron chi connectivity index (χ0n) is 14.7. The van der Waals surface area contributed by atoms with E-state index in [1.54, 1.807) is 12.2 Å². The fraction of sp³-hybridized carbons (Fsp3) is 0.381. The highest BCUT2D eigenvalue weighted by atomic mass is 16.5. The van der Waals surface area contributed by atoms with Crippen LogP contribution in [0.4, 0.5) is 0 Å². The third-order valence-electron chi connectivity index (χ3n) is 3.00. The predicted octanol–water partition coefficient (Wildman–Crippen LogP) is 5.98. The first kappa shape index (κ1) is 23.2. The van der Waals surface area contributed by atoms with Gasteiger partial charge in [0.05, 0.1) is 6.61 Å². The lowest BCUT2D eigenvalue weighted by Gasteiger charge is -2.13.